The summed E-state index contributed by atoms with van der Waals surface area (Å²) in [4.78, 5) is 26.2. The summed E-state index contributed by atoms with van der Waals surface area (Å²) >= 11 is 0. The molecule has 0 saturated heterocycles. The smallest absolute Gasteiger partial charge is 0.285 e. The van der Waals surface area contributed by atoms with E-state index in [1.807, 2.05) is 0 Å². The molecular weight excluding hydrogens is 380 g/mol. The molecule has 0 aliphatic carbocycles. The second-order valence-electron chi connectivity index (χ2n) is 6.37. The summed E-state index contributed by atoms with van der Waals surface area (Å²) in [5, 5.41) is 5.27. The molecule has 28 heavy (non-hydrogen) atoms. The van der Waals surface area contributed by atoms with Crippen LogP contribution in [0.3, 0.4) is 0 Å². The van der Waals surface area contributed by atoms with Gasteiger partial charge in [-0.15, -0.1) is 4.40 Å². The minimum absolute atomic E-state index is 0.123. The molecule has 1 aliphatic heterocycles. The van der Waals surface area contributed by atoms with Gasteiger partial charge in [-0.1, -0.05) is 24.3 Å². The van der Waals surface area contributed by atoms with E-state index in [0.29, 0.717) is 16.8 Å². The molecule has 2 aromatic carbocycles. The number of aryl methyl sites for hydroxylation is 1. The van der Waals surface area contributed by atoms with E-state index in [1.54, 1.807) is 50.4 Å². The number of likely N-dealkylation sites (N-methyl/N-ethyl adjacent to an activating group) is 1. The molecule has 0 aromatic heterocycles. The molecule has 9 heteroatoms. The van der Waals surface area contributed by atoms with Crippen molar-refractivity contribution in [1.29, 1.82) is 0 Å². The predicted molar refractivity (Wildman–Crippen MR) is 106 cm³/mol. The first-order chi connectivity index (χ1) is 13.2. The van der Waals surface area contributed by atoms with Crippen molar-refractivity contribution in [3.63, 3.8) is 0 Å². The fourth-order valence-corrected chi connectivity index (χ4v) is 4.29. The minimum atomic E-state index is -3.76. The number of rotatable bonds is 4. The van der Waals surface area contributed by atoms with Crippen LogP contribution in [-0.2, 0) is 14.8 Å². The highest BCUT2D eigenvalue weighted by Gasteiger charge is 2.31. The van der Waals surface area contributed by atoms with Crippen molar-refractivity contribution in [2.75, 3.05) is 26.0 Å². The van der Waals surface area contributed by atoms with Gasteiger partial charge in [0.25, 0.3) is 15.9 Å². The summed E-state index contributed by atoms with van der Waals surface area (Å²) in [5.74, 6) is -0.494. The lowest BCUT2D eigenvalue weighted by Gasteiger charge is -2.19. The molecule has 8 nitrogen and oxygen atoms in total. The molecule has 146 valence electrons. The number of carbonyl (C=O) groups is 2. The molecule has 0 radical (unpaired) electrons. The molecule has 0 unspecified atom stereocenters. The standard InChI is InChI=1S/C19H20N4O4S/c1-12-7-6-9-14(17(12)19(25)20-2)21-16(24)11-23(3)18-13-8-4-5-10-15(13)28(26,27)22-18/h4-10H,11H2,1-3H3,(H,20,25)(H,21,24). The SMILES string of the molecule is CNC(=O)c1c(C)cccc1NC(=O)CN(C)C1=NS(=O)(=O)c2ccccc21. The summed E-state index contributed by atoms with van der Waals surface area (Å²) in [7, 11) is -0.652. The summed E-state index contributed by atoms with van der Waals surface area (Å²) in [6, 6.07) is 11.6. The summed E-state index contributed by atoms with van der Waals surface area (Å²) in [6.45, 7) is 1.64. The maximum Gasteiger partial charge on any atom is 0.285 e. The Morgan fingerprint density at radius 2 is 1.82 bits per heavy atom. The molecule has 2 aromatic rings. The largest absolute Gasteiger partial charge is 0.355 e. The summed E-state index contributed by atoms with van der Waals surface area (Å²) < 4.78 is 28.1. The molecule has 2 amide bonds. The predicted octanol–water partition coefficient (Wildman–Crippen LogP) is 1.37. The van der Waals surface area contributed by atoms with Crippen molar-refractivity contribution < 1.29 is 18.0 Å². The van der Waals surface area contributed by atoms with Crippen LogP contribution in [0.15, 0.2) is 51.8 Å². The highest BCUT2D eigenvalue weighted by atomic mass is 32.2. The number of sulfonamides is 1. The van der Waals surface area contributed by atoms with Crippen LogP contribution < -0.4 is 10.6 Å². The van der Waals surface area contributed by atoms with Gasteiger partial charge in [-0.2, -0.15) is 8.42 Å². The zero-order valence-corrected chi connectivity index (χ0v) is 16.5. The third kappa shape index (κ3) is 3.61. The number of amides is 2. The van der Waals surface area contributed by atoms with Gasteiger partial charge >= 0.3 is 0 Å². The van der Waals surface area contributed by atoms with Crippen molar-refractivity contribution in [3.05, 3.63) is 59.2 Å². The van der Waals surface area contributed by atoms with E-state index in [-0.39, 0.29) is 23.2 Å². The number of nitrogens with zero attached hydrogens (tertiary/aromatic N) is 2. The second-order valence-corrected chi connectivity index (χ2v) is 7.94. The van der Waals surface area contributed by atoms with Gasteiger partial charge in [-0.05, 0) is 30.7 Å². The van der Waals surface area contributed by atoms with Gasteiger partial charge in [-0.3, -0.25) is 9.59 Å². The molecule has 0 fully saturated rings. The number of hydrogen-bond acceptors (Lipinski definition) is 5. The topological polar surface area (TPSA) is 108 Å². The lowest BCUT2D eigenvalue weighted by Crippen LogP contribution is -2.35. The van der Waals surface area contributed by atoms with Gasteiger partial charge in [0.05, 0.1) is 17.8 Å². The van der Waals surface area contributed by atoms with Crippen molar-refractivity contribution in [3.8, 4) is 0 Å². The summed E-state index contributed by atoms with van der Waals surface area (Å²) in [6.07, 6.45) is 0. The van der Waals surface area contributed by atoms with Crippen LogP contribution in [0, 0.1) is 6.92 Å². The van der Waals surface area contributed by atoms with E-state index in [0.717, 1.165) is 5.56 Å². The van der Waals surface area contributed by atoms with E-state index in [2.05, 4.69) is 15.0 Å². The molecule has 2 N–H and O–H groups in total. The Morgan fingerprint density at radius 3 is 2.54 bits per heavy atom. The highest BCUT2D eigenvalue weighted by molar-refractivity contribution is 7.90. The Balaban J connectivity index is 1.80. The second kappa shape index (κ2) is 7.43. The molecule has 0 bridgehead atoms. The van der Waals surface area contributed by atoms with Crippen LogP contribution in [0.1, 0.15) is 21.5 Å². The number of benzene rings is 2. The Kier molecular flexibility index (Phi) is 5.19. The molecular formula is C19H20N4O4S. The molecule has 3 rings (SSSR count). The van der Waals surface area contributed by atoms with E-state index in [1.165, 1.54) is 18.0 Å². The number of nitrogens with one attached hydrogen (secondary N) is 2. The van der Waals surface area contributed by atoms with Crippen LogP contribution in [-0.4, -0.2) is 51.6 Å². The van der Waals surface area contributed by atoms with Gasteiger partial charge in [0, 0.05) is 19.7 Å². The van der Waals surface area contributed by atoms with Gasteiger partial charge < -0.3 is 15.5 Å². The van der Waals surface area contributed by atoms with Crippen molar-refractivity contribution >= 4 is 33.4 Å². The normalized spacial score (nSPS) is 14.0. The zero-order valence-electron chi connectivity index (χ0n) is 15.7. The first-order valence-corrected chi connectivity index (χ1v) is 9.95. The number of anilines is 1. The molecule has 0 spiro atoms. The number of fused-ring (bicyclic) bond motifs is 1. The van der Waals surface area contributed by atoms with Crippen LogP contribution in [0.25, 0.3) is 0 Å². The highest BCUT2D eigenvalue weighted by Crippen LogP contribution is 2.27. The Hall–Kier alpha value is -3.20. The zero-order chi connectivity index (χ0) is 20.5. The first-order valence-electron chi connectivity index (χ1n) is 8.51. The quantitative estimate of drug-likeness (QED) is 0.806. The number of amidine groups is 1. The van der Waals surface area contributed by atoms with E-state index in [9.17, 15) is 18.0 Å². The van der Waals surface area contributed by atoms with Gasteiger partial charge in [0.2, 0.25) is 5.91 Å². The average Bonchev–Trinajstić information content (AvgIpc) is 2.93. The van der Waals surface area contributed by atoms with E-state index in [4.69, 9.17) is 0 Å². The Labute approximate surface area is 163 Å². The Bertz CT molecular complexity index is 1090. The maximum absolute atomic E-state index is 12.5. The molecule has 1 aliphatic rings. The average molecular weight is 400 g/mol. The van der Waals surface area contributed by atoms with Crippen molar-refractivity contribution in [1.82, 2.24) is 10.2 Å². The van der Waals surface area contributed by atoms with E-state index >= 15 is 0 Å². The Morgan fingerprint density at radius 1 is 1.11 bits per heavy atom. The molecule has 0 atom stereocenters. The molecule has 0 saturated carbocycles. The fraction of sp³-hybridized carbons (Fsp3) is 0.211. The van der Waals surface area contributed by atoms with Gasteiger partial charge in [0.15, 0.2) is 5.84 Å². The van der Waals surface area contributed by atoms with Crippen LogP contribution in [0.4, 0.5) is 5.69 Å². The third-order valence-electron chi connectivity index (χ3n) is 4.36. The lowest BCUT2D eigenvalue weighted by atomic mass is 10.1. The first kappa shape index (κ1) is 19.6. The van der Waals surface area contributed by atoms with Gasteiger partial charge in [-0.25, -0.2) is 0 Å². The van der Waals surface area contributed by atoms with E-state index < -0.39 is 15.9 Å². The molecule has 1 heterocycles. The fourth-order valence-electron chi connectivity index (χ4n) is 3.04. The third-order valence-corrected chi connectivity index (χ3v) is 5.68. The van der Waals surface area contributed by atoms with Gasteiger partial charge in [0.1, 0.15) is 4.90 Å². The van der Waals surface area contributed by atoms with Crippen LogP contribution in [0.2, 0.25) is 0 Å². The van der Waals surface area contributed by atoms with Crippen LogP contribution in [0.5, 0.6) is 0 Å². The number of hydrogen-bond donors (Lipinski definition) is 2. The maximum atomic E-state index is 12.5. The van der Waals surface area contributed by atoms with Crippen molar-refractivity contribution in [2.45, 2.75) is 11.8 Å². The minimum Gasteiger partial charge on any atom is -0.355 e. The monoisotopic (exact) mass is 400 g/mol. The summed E-state index contributed by atoms with van der Waals surface area (Å²) in [5.41, 5.74) is 1.95. The number of carbonyl (C=O) groups excluding carboxylic acids is 2. The van der Waals surface area contributed by atoms with Crippen LogP contribution >= 0.6 is 0 Å². The lowest BCUT2D eigenvalue weighted by molar-refractivity contribution is -0.116. The van der Waals surface area contributed by atoms with Crippen molar-refractivity contribution in [2.24, 2.45) is 4.40 Å².